The van der Waals surface area contributed by atoms with Crippen LogP contribution in [0.5, 0.6) is 0 Å². The van der Waals surface area contributed by atoms with Gasteiger partial charge in [-0.15, -0.1) is 0 Å². The van der Waals surface area contributed by atoms with Crippen molar-refractivity contribution in [2.45, 2.75) is 39.7 Å². The Morgan fingerprint density at radius 1 is 1.23 bits per heavy atom. The summed E-state index contributed by atoms with van der Waals surface area (Å²) in [5, 5.41) is 9.66. The van der Waals surface area contributed by atoms with Gasteiger partial charge in [0.15, 0.2) is 0 Å². The summed E-state index contributed by atoms with van der Waals surface area (Å²) in [6, 6.07) is 1.82. The predicted octanol–water partition coefficient (Wildman–Crippen LogP) is 0.413. The van der Waals surface area contributed by atoms with Gasteiger partial charge >= 0.3 is 5.69 Å². The third kappa shape index (κ3) is 4.51. The molecule has 0 aliphatic carbocycles. The van der Waals surface area contributed by atoms with E-state index in [9.17, 15) is 14.7 Å². The van der Waals surface area contributed by atoms with Gasteiger partial charge in [0, 0.05) is 37.6 Å². The van der Waals surface area contributed by atoms with Gasteiger partial charge in [0.2, 0.25) is 5.91 Å². The Kier molecular flexibility index (Phi) is 6.09. The lowest BCUT2D eigenvalue weighted by atomic mass is 9.89. The fraction of sp³-hybridized carbons (Fsp3) is 0.737. The first-order valence-electron chi connectivity index (χ1n) is 9.62. The summed E-state index contributed by atoms with van der Waals surface area (Å²) in [5.74, 6) is 0.441. The number of carbonyl (C=O) groups excluding carboxylic acids is 1. The summed E-state index contributed by atoms with van der Waals surface area (Å²) < 4.78 is 1.44. The van der Waals surface area contributed by atoms with Gasteiger partial charge in [-0.3, -0.25) is 9.36 Å². The molecule has 2 atom stereocenters. The van der Waals surface area contributed by atoms with E-state index in [1.807, 2.05) is 17.9 Å². The number of rotatable bonds is 5. The van der Waals surface area contributed by atoms with Crippen LogP contribution in [-0.4, -0.2) is 69.7 Å². The Hall–Kier alpha value is -1.73. The van der Waals surface area contributed by atoms with Crippen LogP contribution in [0.15, 0.2) is 10.9 Å². The number of piperidine rings is 1. The van der Waals surface area contributed by atoms with Crippen LogP contribution in [-0.2, 0) is 11.3 Å². The van der Waals surface area contributed by atoms with E-state index in [1.54, 1.807) is 6.92 Å². The normalized spacial score (nSPS) is 24.2. The van der Waals surface area contributed by atoms with Gasteiger partial charge in [0.05, 0.1) is 0 Å². The molecule has 0 radical (unpaired) electrons. The maximum absolute atomic E-state index is 12.8. The van der Waals surface area contributed by atoms with Gasteiger partial charge in [-0.05, 0) is 64.1 Å². The Labute approximate surface area is 154 Å². The molecule has 0 aromatic carbocycles. The Morgan fingerprint density at radius 3 is 2.58 bits per heavy atom. The van der Waals surface area contributed by atoms with E-state index in [0.29, 0.717) is 24.7 Å². The highest BCUT2D eigenvalue weighted by Gasteiger charge is 2.31. The van der Waals surface area contributed by atoms with Crippen LogP contribution >= 0.6 is 0 Å². The third-order valence-electron chi connectivity index (χ3n) is 5.59. The second kappa shape index (κ2) is 8.31. The molecule has 7 heteroatoms. The molecule has 1 aromatic rings. The standard InChI is InChI=1S/C19H30N4O3/c1-14-7-15(2)23(19(26)20-14)12-18(25)22-10-16(8-17(11-22)13-24)9-21-5-3-4-6-21/h7,16-17,24H,3-6,8-13H2,1-2H3/t16-,17-/m1/s1. The SMILES string of the molecule is Cc1cc(C)n(CC(=O)N2C[C@H](CO)C[C@H](CN3CCCC3)C2)c(=O)n1. The number of nitrogens with zero attached hydrogens (tertiary/aromatic N) is 4. The zero-order valence-electron chi connectivity index (χ0n) is 15.9. The molecule has 144 valence electrons. The molecule has 0 saturated carbocycles. The van der Waals surface area contributed by atoms with E-state index >= 15 is 0 Å². The lowest BCUT2D eigenvalue weighted by molar-refractivity contribution is -0.135. The highest BCUT2D eigenvalue weighted by Crippen LogP contribution is 2.24. The first kappa shape index (κ1) is 19.0. The van der Waals surface area contributed by atoms with Crippen molar-refractivity contribution in [3.63, 3.8) is 0 Å². The zero-order chi connectivity index (χ0) is 18.7. The number of hydrogen-bond acceptors (Lipinski definition) is 5. The van der Waals surface area contributed by atoms with Crippen molar-refractivity contribution in [1.29, 1.82) is 0 Å². The quantitative estimate of drug-likeness (QED) is 0.821. The maximum Gasteiger partial charge on any atom is 0.348 e. The molecule has 3 rings (SSSR count). The van der Waals surface area contributed by atoms with E-state index in [1.165, 1.54) is 17.4 Å². The van der Waals surface area contributed by atoms with Crippen LogP contribution in [0.2, 0.25) is 0 Å². The number of aliphatic hydroxyl groups excluding tert-OH is 1. The first-order valence-corrected chi connectivity index (χ1v) is 9.62. The third-order valence-corrected chi connectivity index (χ3v) is 5.59. The Morgan fingerprint density at radius 2 is 1.92 bits per heavy atom. The maximum atomic E-state index is 12.8. The van der Waals surface area contributed by atoms with Gasteiger partial charge in [0.1, 0.15) is 6.54 Å². The van der Waals surface area contributed by atoms with E-state index in [0.717, 1.165) is 31.7 Å². The van der Waals surface area contributed by atoms with Crippen molar-refractivity contribution in [2.24, 2.45) is 11.8 Å². The average Bonchev–Trinajstić information content (AvgIpc) is 3.10. The predicted molar refractivity (Wildman–Crippen MR) is 98.9 cm³/mol. The molecule has 0 unspecified atom stereocenters. The first-order chi connectivity index (χ1) is 12.5. The van der Waals surface area contributed by atoms with E-state index in [-0.39, 0.29) is 30.7 Å². The monoisotopic (exact) mass is 362 g/mol. The van der Waals surface area contributed by atoms with Crippen LogP contribution in [0, 0.1) is 25.7 Å². The van der Waals surface area contributed by atoms with Crippen molar-refractivity contribution >= 4 is 5.91 Å². The summed E-state index contributed by atoms with van der Waals surface area (Å²) in [6.07, 6.45) is 3.46. The van der Waals surface area contributed by atoms with Crippen LogP contribution < -0.4 is 5.69 Å². The molecule has 0 spiro atoms. The molecule has 2 saturated heterocycles. The number of hydrogen-bond donors (Lipinski definition) is 1. The fourth-order valence-corrected chi connectivity index (χ4v) is 4.32. The molecule has 3 heterocycles. The minimum absolute atomic E-state index is 0.0204. The second-order valence-electron chi connectivity index (χ2n) is 7.86. The summed E-state index contributed by atoms with van der Waals surface area (Å²) in [7, 11) is 0. The highest BCUT2D eigenvalue weighted by atomic mass is 16.3. The van der Waals surface area contributed by atoms with Gasteiger partial charge < -0.3 is 14.9 Å². The Balaban J connectivity index is 1.68. The van der Waals surface area contributed by atoms with E-state index < -0.39 is 0 Å². The number of amides is 1. The molecule has 2 aliphatic heterocycles. The average molecular weight is 362 g/mol. The minimum Gasteiger partial charge on any atom is -0.396 e. The molecule has 7 nitrogen and oxygen atoms in total. The molecule has 2 aliphatic rings. The largest absolute Gasteiger partial charge is 0.396 e. The van der Waals surface area contributed by atoms with Gasteiger partial charge in [-0.2, -0.15) is 4.98 Å². The van der Waals surface area contributed by atoms with Crippen molar-refractivity contribution in [2.75, 3.05) is 39.3 Å². The van der Waals surface area contributed by atoms with Crippen LogP contribution in [0.4, 0.5) is 0 Å². The van der Waals surface area contributed by atoms with Crippen LogP contribution in [0.3, 0.4) is 0 Å². The molecule has 1 amide bonds. The van der Waals surface area contributed by atoms with Crippen LogP contribution in [0.25, 0.3) is 0 Å². The van der Waals surface area contributed by atoms with Crippen molar-refractivity contribution in [1.82, 2.24) is 19.4 Å². The Bertz CT molecular complexity index is 697. The van der Waals surface area contributed by atoms with E-state index in [4.69, 9.17) is 0 Å². The summed E-state index contributed by atoms with van der Waals surface area (Å²) in [6.45, 7) is 8.27. The molecular formula is C19H30N4O3. The second-order valence-corrected chi connectivity index (χ2v) is 7.86. The van der Waals surface area contributed by atoms with Crippen molar-refractivity contribution in [3.8, 4) is 0 Å². The highest BCUT2D eigenvalue weighted by molar-refractivity contribution is 5.76. The molecular weight excluding hydrogens is 332 g/mol. The minimum atomic E-state index is -0.375. The number of likely N-dealkylation sites (tertiary alicyclic amines) is 2. The van der Waals surface area contributed by atoms with Gasteiger partial charge in [0.25, 0.3) is 0 Å². The molecule has 1 N–H and O–H groups in total. The van der Waals surface area contributed by atoms with Gasteiger partial charge in [-0.1, -0.05) is 0 Å². The molecule has 0 bridgehead atoms. The van der Waals surface area contributed by atoms with Crippen molar-refractivity contribution in [3.05, 3.63) is 27.9 Å². The van der Waals surface area contributed by atoms with Crippen molar-refractivity contribution < 1.29 is 9.90 Å². The lowest BCUT2D eigenvalue weighted by Crippen LogP contribution is -2.49. The smallest absolute Gasteiger partial charge is 0.348 e. The van der Waals surface area contributed by atoms with E-state index in [2.05, 4.69) is 9.88 Å². The summed E-state index contributed by atoms with van der Waals surface area (Å²) in [4.78, 5) is 33.2. The lowest BCUT2D eigenvalue weighted by Gasteiger charge is -2.38. The number of aliphatic hydroxyl groups is 1. The molecule has 1 aromatic heterocycles. The molecule has 2 fully saturated rings. The van der Waals surface area contributed by atoms with Gasteiger partial charge in [-0.25, -0.2) is 4.79 Å². The molecule has 26 heavy (non-hydrogen) atoms. The van der Waals surface area contributed by atoms with Crippen LogP contribution in [0.1, 0.15) is 30.7 Å². The topological polar surface area (TPSA) is 78.7 Å². The fourth-order valence-electron chi connectivity index (χ4n) is 4.32. The number of aromatic nitrogens is 2. The number of aryl methyl sites for hydroxylation is 2. The number of carbonyl (C=O) groups is 1. The summed E-state index contributed by atoms with van der Waals surface area (Å²) >= 11 is 0. The zero-order valence-corrected chi connectivity index (χ0v) is 15.9. The summed E-state index contributed by atoms with van der Waals surface area (Å²) in [5.41, 5.74) is 1.04.